The number of thiol groups is 1. The number of hydrogen-bond acceptors (Lipinski definition) is 4. The third-order valence-electron chi connectivity index (χ3n) is 1.39. The summed E-state index contributed by atoms with van der Waals surface area (Å²) in [5.41, 5.74) is 1.37. The molecule has 0 saturated carbocycles. The molecule has 0 atom stereocenters. The lowest BCUT2D eigenvalue weighted by molar-refractivity contribution is -0.128. The molecule has 0 aromatic heterocycles. The average Bonchev–Trinajstić information content (AvgIpc) is 2.04. The summed E-state index contributed by atoms with van der Waals surface area (Å²) in [5, 5.41) is 0. The van der Waals surface area contributed by atoms with Crippen LogP contribution in [0.5, 0.6) is 0 Å². The minimum absolute atomic E-state index is 0.439. The largest absolute Gasteiger partial charge is 0.497 e. The molecule has 0 aliphatic carbocycles. The summed E-state index contributed by atoms with van der Waals surface area (Å²) in [6.07, 6.45) is 3.03. The van der Waals surface area contributed by atoms with Crippen LogP contribution in [0.25, 0.3) is 0 Å². The second-order valence-electron chi connectivity index (χ2n) is 2.19. The lowest BCUT2D eigenvalue weighted by atomic mass is 10.1. The topological polar surface area (TPSA) is 35.5 Å². The maximum atomic E-state index is 10.9. The summed E-state index contributed by atoms with van der Waals surface area (Å²) in [5.74, 6) is -0.439. The van der Waals surface area contributed by atoms with E-state index in [0.717, 1.165) is 5.57 Å². The average molecular weight is 172 g/mol. The molecular weight excluding hydrogens is 164 g/mol. The summed E-state index contributed by atoms with van der Waals surface area (Å²) >= 11 is 3.41. The van der Waals surface area contributed by atoms with Crippen molar-refractivity contribution >= 4 is 18.9 Å². The van der Waals surface area contributed by atoms with Crippen LogP contribution < -0.4 is 0 Å². The maximum absolute atomic E-state index is 10.9. The fourth-order valence-corrected chi connectivity index (χ4v) is 0.899. The predicted molar refractivity (Wildman–Crippen MR) is 42.9 cm³/mol. The van der Waals surface area contributed by atoms with Gasteiger partial charge >= 0.3 is 5.97 Å². The Kier molecular flexibility index (Phi) is 2.59. The molecule has 0 aromatic carbocycles. The number of carbonyl (C=O) groups is 1. The standard InChI is InChI=1S/C7H8O3S/c1-5-4-9-3-2-6(5)7(8)10-11/h2-3,11H,4H2,1H3. The molecule has 0 amide bonds. The zero-order valence-corrected chi connectivity index (χ0v) is 6.93. The second kappa shape index (κ2) is 3.48. The molecule has 3 nitrogen and oxygen atoms in total. The van der Waals surface area contributed by atoms with Gasteiger partial charge in [0.15, 0.2) is 0 Å². The van der Waals surface area contributed by atoms with E-state index < -0.39 is 5.97 Å². The summed E-state index contributed by atoms with van der Waals surface area (Å²) in [4.78, 5) is 10.9. The Labute approximate surface area is 70.3 Å². The fraction of sp³-hybridized carbons (Fsp3) is 0.286. The molecule has 60 valence electrons. The highest BCUT2D eigenvalue weighted by Gasteiger charge is 2.13. The molecule has 0 N–H and O–H groups in total. The highest BCUT2D eigenvalue weighted by Crippen LogP contribution is 2.13. The minimum atomic E-state index is -0.439. The molecule has 11 heavy (non-hydrogen) atoms. The van der Waals surface area contributed by atoms with Crippen molar-refractivity contribution in [2.75, 3.05) is 6.61 Å². The first-order valence-electron chi connectivity index (χ1n) is 3.09. The fourth-order valence-electron chi connectivity index (χ4n) is 0.801. The van der Waals surface area contributed by atoms with Crippen molar-refractivity contribution in [3.63, 3.8) is 0 Å². The molecule has 0 saturated heterocycles. The molecule has 1 aliphatic heterocycles. The lowest BCUT2D eigenvalue weighted by Gasteiger charge is -2.10. The normalized spacial score (nSPS) is 16.2. The van der Waals surface area contributed by atoms with Crippen molar-refractivity contribution in [2.24, 2.45) is 0 Å². The number of carbonyl (C=O) groups excluding carboxylic acids is 1. The van der Waals surface area contributed by atoms with Crippen molar-refractivity contribution in [2.45, 2.75) is 6.92 Å². The van der Waals surface area contributed by atoms with Gasteiger partial charge in [0.25, 0.3) is 0 Å². The number of rotatable bonds is 1. The van der Waals surface area contributed by atoms with Gasteiger partial charge in [-0.05, 0) is 18.6 Å². The highest BCUT2D eigenvalue weighted by atomic mass is 32.1. The highest BCUT2D eigenvalue weighted by molar-refractivity contribution is 7.75. The molecule has 0 fully saturated rings. The molecule has 1 heterocycles. The van der Waals surface area contributed by atoms with Crippen molar-refractivity contribution in [1.82, 2.24) is 0 Å². The van der Waals surface area contributed by atoms with Gasteiger partial charge in [-0.3, -0.25) is 0 Å². The van der Waals surface area contributed by atoms with E-state index in [2.05, 4.69) is 17.1 Å². The molecule has 0 aromatic rings. The van der Waals surface area contributed by atoms with Crippen LogP contribution in [0.4, 0.5) is 0 Å². The Bertz CT molecular complexity index is 230. The van der Waals surface area contributed by atoms with Crippen LogP contribution in [-0.4, -0.2) is 12.6 Å². The van der Waals surface area contributed by atoms with Crippen LogP contribution in [0, 0.1) is 0 Å². The smallest absolute Gasteiger partial charge is 0.350 e. The SMILES string of the molecule is CC1=C(C(=O)OS)C=COC1. The van der Waals surface area contributed by atoms with Crippen LogP contribution in [0.3, 0.4) is 0 Å². The molecule has 0 spiro atoms. The van der Waals surface area contributed by atoms with Gasteiger partial charge in [-0.15, -0.1) is 0 Å². The van der Waals surface area contributed by atoms with Crippen LogP contribution in [0.2, 0.25) is 0 Å². The molecular formula is C7H8O3S. The van der Waals surface area contributed by atoms with Gasteiger partial charge < -0.3 is 8.92 Å². The van der Waals surface area contributed by atoms with Gasteiger partial charge in [0.2, 0.25) is 0 Å². The summed E-state index contributed by atoms with van der Waals surface area (Å²) in [6, 6.07) is 0. The summed E-state index contributed by atoms with van der Waals surface area (Å²) < 4.78 is 9.19. The minimum Gasteiger partial charge on any atom is -0.497 e. The van der Waals surface area contributed by atoms with E-state index in [9.17, 15) is 4.79 Å². The quantitative estimate of drug-likeness (QED) is 0.477. The third kappa shape index (κ3) is 1.77. The van der Waals surface area contributed by atoms with Gasteiger partial charge in [0.1, 0.15) is 6.61 Å². The van der Waals surface area contributed by atoms with E-state index in [1.54, 1.807) is 6.08 Å². The molecule has 4 heteroatoms. The molecule has 0 radical (unpaired) electrons. The van der Waals surface area contributed by atoms with Gasteiger partial charge in [-0.1, -0.05) is 0 Å². The van der Waals surface area contributed by atoms with E-state index in [0.29, 0.717) is 12.2 Å². The Balaban J connectivity index is 2.83. The van der Waals surface area contributed by atoms with E-state index in [1.165, 1.54) is 6.26 Å². The zero-order valence-electron chi connectivity index (χ0n) is 6.03. The first-order valence-corrected chi connectivity index (χ1v) is 3.46. The summed E-state index contributed by atoms with van der Waals surface area (Å²) in [6.45, 7) is 2.25. The van der Waals surface area contributed by atoms with E-state index in [-0.39, 0.29) is 0 Å². The Morgan fingerprint density at radius 2 is 2.55 bits per heavy atom. The zero-order chi connectivity index (χ0) is 8.27. The van der Waals surface area contributed by atoms with Gasteiger partial charge in [0.05, 0.1) is 11.8 Å². The van der Waals surface area contributed by atoms with Crippen molar-refractivity contribution in [3.05, 3.63) is 23.5 Å². The first-order chi connectivity index (χ1) is 5.25. The molecule has 1 aliphatic rings. The molecule has 1 rings (SSSR count). The summed E-state index contributed by atoms with van der Waals surface area (Å²) in [7, 11) is 0. The van der Waals surface area contributed by atoms with Crippen LogP contribution in [0.1, 0.15) is 6.92 Å². The van der Waals surface area contributed by atoms with Crippen molar-refractivity contribution in [1.29, 1.82) is 0 Å². The number of ether oxygens (including phenoxy) is 1. The second-order valence-corrected chi connectivity index (χ2v) is 2.37. The predicted octanol–water partition coefficient (Wildman–Crippen LogP) is 1.23. The van der Waals surface area contributed by atoms with E-state index in [4.69, 9.17) is 4.74 Å². The number of hydrogen-bond donors (Lipinski definition) is 1. The van der Waals surface area contributed by atoms with Crippen LogP contribution in [-0.2, 0) is 13.7 Å². The Morgan fingerprint density at radius 3 is 3.09 bits per heavy atom. The van der Waals surface area contributed by atoms with Gasteiger partial charge in [0, 0.05) is 12.9 Å². The Hall–Kier alpha value is -0.900. The van der Waals surface area contributed by atoms with Crippen molar-refractivity contribution in [3.8, 4) is 0 Å². The third-order valence-corrected chi connectivity index (χ3v) is 1.56. The van der Waals surface area contributed by atoms with Gasteiger partial charge in [-0.2, -0.15) is 0 Å². The van der Waals surface area contributed by atoms with Gasteiger partial charge in [-0.25, -0.2) is 4.79 Å². The lowest BCUT2D eigenvalue weighted by Crippen LogP contribution is -2.08. The first kappa shape index (κ1) is 8.20. The monoisotopic (exact) mass is 172 g/mol. The molecule has 0 bridgehead atoms. The van der Waals surface area contributed by atoms with Crippen molar-refractivity contribution < 1.29 is 13.7 Å². The van der Waals surface area contributed by atoms with Crippen LogP contribution in [0.15, 0.2) is 23.5 Å². The van der Waals surface area contributed by atoms with E-state index in [1.807, 2.05) is 6.92 Å². The maximum Gasteiger partial charge on any atom is 0.350 e. The molecule has 0 unspecified atom stereocenters. The Morgan fingerprint density at radius 1 is 1.82 bits per heavy atom. The van der Waals surface area contributed by atoms with Crippen LogP contribution >= 0.6 is 12.9 Å². The van der Waals surface area contributed by atoms with E-state index >= 15 is 0 Å².